The molecule has 1 aromatic carbocycles. The van der Waals surface area contributed by atoms with E-state index in [2.05, 4.69) is 19.1 Å². The molecule has 1 aliphatic rings. The van der Waals surface area contributed by atoms with Crippen LogP contribution in [0.2, 0.25) is 0 Å². The maximum Gasteiger partial charge on any atom is 0.308 e. The second kappa shape index (κ2) is 6.74. The summed E-state index contributed by atoms with van der Waals surface area (Å²) in [6.45, 7) is 4.48. The van der Waals surface area contributed by atoms with Crippen LogP contribution in [0.1, 0.15) is 44.6 Å². The highest BCUT2D eigenvalue weighted by atomic mass is 16.4. The van der Waals surface area contributed by atoms with Crippen LogP contribution >= 0.6 is 0 Å². The fraction of sp³-hybridized carbons (Fsp3) is 0.529. The number of rotatable bonds is 5. The molecule has 0 spiro atoms. The quantitative estimate of drug-likeness (QED) is 0.906. The van der Waals surface area contributed by atoms with Gasteiger partial charge in [0.2, 0.25) is 5.91 Å². The SMILES string of the molecule is CCC(CC(=O)N1CCC(C(=O)O)C1C)c1ccccc1. The third-order valence-corrected chi connectivity index (χ3v) is 4.58. The summed E-state index contributed by atoms with van der Waals surface area (Å²) in [5.41, 5.74) is 1.18. The van der Waals surface area contributed by atoms with Gasteiger partial charge in [0, 0.05) is 19.0 Å². The molecule has 0 bridgehead atoms. The number of carbonyl (C=O) groups is 2. The number of carbonyl (C=O) groups excluding carboxylic acids is 1. The average Bonchev–Trinajstić information content (AvgIpc) is 2.87. The first kappa shape index (κ1) is 15.5. The fourth-order valence-corrected chi connectivity index (χ4v) is 3.17. The minimum Gasteiger partial charge on any atom is -0.481 e. The molecule has 3 unspecified atom stereocenters. The number of carboxylic acid groups (broad SMARTS) is 1. The summed E-state index contributed by atoms with van der Waals surface area (Å²) in [6.07, 6.45) is 1.92. The van der Waals surface area contributed by atoms with Gasteiger partial charge >= 0.3 is 5.97 Å². The summed E-state index contributed by atoms with van der Waals surface area (Å²) >= 11 is 0. The van der Waals surface area contributed by atoms with E-state index in [9.17, 15) is 9.59 Å². The van der Waals surface area contributed by atoms with Gasteiger partial charge in [-0.05, 0) is 31.2 Å². The number of likely N-dealkylation sites (tertiary alicyclic amines) is 1. The van der Waals surface area contributed by atoms with E-state index in [1.165, 1.54) is 5.56 Å². The highest BCUT2D eigenvalue weighted by molar-refractivity contribution is 5.80. The predicted octanol–water partition coefficient (Wildman–Crippen LogP) is 2.89. The van der Waals surface area contributed by atoms with Crippen LogP contribution in [-0.4, -0.2) is 34.5 Å². The largest absolute Gasteiger partial charge is 0.481 e. The topological polar surface area (TPSA) is 57.6 Å². The lowest BCUT2D eigenvalue weighted by Crippen LogP contribution is -2.38. The molecule has 4 nitrogen and oxygen atoms in total. The Morgan fingerprint density at radius 2 is 2.00 bits per heavy atom. The molecule has 0 aliphatic carbocycles. The normalized spacial score (nSPS) is 23.0. The van der Waals surface area contributed by atoms with E-state index in [1.54, 1.807) is 4.90 Å². The Bertz CT molecular complexity index is 500. The molecule has 0 aromatic heterocycles. The van der Waals surface area contributed by atoms with Crippen molar-refractivity contribution in [2.75, 3.05) is 6.54 Å². The van der Waals surface area contributed by atoms with E-state index >= 15 is 0 Å². The molecule has 1 saturated heterocycles. The molecule has 1 aliphatic heterocycles. The first-order valence-electron chi connectivity index (χ1n) is 7.61. The Kier molecular flexibility index (Phi) is 4.99. The van der Waals surface area contributed by atoms with Crippen molar-refractivity contribution in [2.45, 2.75) is 45.1 Å². The van der Waals surface area contributed by atoms with Crippen molar-refractivity contribution in [1.29, 1.82) is 0 Å². The Balaban J connectivity index is 2.02. The van der Waals surface area contributed by atoms with Gasteiger partial charge in [-0.25, -0.2) is 0 Å². The zero-order valence-electron chi connectivity index (χ0n) is 12.7. The Labute approximate surface area is 125 Å². The summed E-state index contributed by atoms with van der Waals surface area (Å²) < 4.78 is 0. The second-order valence-corrected chi connectivity index (χ2v) is 5.78. The lowest BCUT2D eigenvalue weighted by molar-refractivity contribution is -0.143. The van der Waals surface area contributed by atoms with Gasteiger partial charge in [0.15, 0.2) is 0 Å². The molecule has 114 valence electrons. The third kappa shape index (κ3) is 3.43. The van der Waals surface area contributed by atoms with Gasteiger partial charge < -0.3 is 10.0 Å². The number of benzene rings is 1. The van der Waals surface area contributed by atoms with Crippen LogP contribution < -0.4 is 0 Å². The summed E-state index contributed by atoms with van der Waals surface area (Å²) in [5.74, 6) is -0.949. The zero-order chi connectivity index (χ0) is 15.4. The molecule has 1 fully saturated rings. The van der Waals surface area contributed by atoms with E-state index in [0.29, 0.717) is 19.4 Å². The molecule has 0 radical (unpaired) electrons. The van der Waals surface area contributed by atoms with Gasteiger partial charge in [0.1, 0.15) is 0 Å². The van der Waals surface area contributed by atoms with Crippen molar-refractivity contribution in [3.8, 4) is 0 Å². The predicted molar refractivity (Wildman–Crippen MR) is 81.0 cm³/mol. The van der Waals surface area contributed by atoms with Crippen molar-refractivity contribution in [2.24, 2.45) is 5.92 Å². The molecule has 2 rings (SSSR count). The van der Waals surface area contributed by atoms with E-state index in [0.717, 1.165) is 6.42 Å². The first-order chi connectivity index (χ1) is 10.0. The lowest BCUT2D eigenvalue weighted by atomic mass is 9.92. The van der Waals surface area contributed by atoms with Crippen molar-refractivity contribution >= 4 is 11.9 Å². The Hall–Kier alpha value is -1.84. The van der Waals surface area contributed by atoms with Crippen LogP contribution in [0.3, 0.4) is 0 Å². The molecular formula is C17H23NO3. The minimum absolute atomic E-state index is 0.0713. The molecule has 3 atom stereocenters. The molecule has 4 heteroatoms. The average molecular weight is 289 g/mol. The smallest absolute Gasteiger partial charge is 0.308 e. The Morgan fingerprint density at radius 3 is 2.52 bits per heavy atom. The van der Waals surface area contributed by atoms with Crippen LogP contribution in [0.5, 0.6) is 0 Å². The molecule has 1 N–H and O–H groups in total. The summed E-state index contributed by atoms with van der Waals surface area (Å²) in [6, 6.07) is 9.84. The van der Waals surface area contributed by atoms with E-state index in [4.69, 9.17) is 5.11 Å². The molecule has 1 aromatic rings. The summed E-state index contributed by atoms with van der Waals surface area (Å²) in [4.78, 5) is 25.4. The van der Waals surface area contributed by atoms with Gasteiger partial charge in [0.05, 0.1) is 5.92 Å². The van der Waals surface area contributed by atoms with Crippen LogP contribution in [0, 0.1) is 5.92 Å². The maximum absolute atomic E-state index is 12.5. The molecule has 1 amide bonds. The van der Waals surface area contributed by atoms with Gasteiger partial charge in [-0.1, -0.05) is 37.3 Å². The van der Waals surface area contributed by atoms with Gasteiger partial charge in [-0.3, -0.25) is 9.59 Å². The van der Waals surface area contributed by atoms with Crippen LogP contribution in [-0.2, 0) is 9.59 Å². The van der Waals surface area contributed by atoms with Crippen LogP contribution in [0.4, 0.5) is 0 Å². The second-order valence-electron chi connectivity index (χ2n) is 5.78. The van der Waals surface area contributed by atoms with Gasteiger partial charge in [-0.15, -0.1) is 0 Å². The summed E-state index contributed by atoms with van der Waals surface area (Å²) in [7, 11) is 0. The van der Waals surface area contributed by atoms with Crippen molar-refractivity contribution in [1.82, 2.24) is 4.90 Å². The number of amides is 1. The van der Waals surface area contributed by atoms with E-state index in [1.807, 2.05) is 25.1 Å². The number of carboxylic acids is 1. The Morgan fingerprint density at radius 1 is 1.33 bits per heavy atom. The standard InChI is InChI=1S/C17H23NO3/c1-3-13(14-7-5-4-6-8-14)11-16(19)18-10-9-15(12(18)2)17(20)21/h4-8,12-13,15H,3,9-11H2,1-2H3,(H,20,21). The lowest BCUT2D eigenvalue weighted by Gasteiger charge is -2.25. The van der Waals surface area contributed by atoms with Gasteiger partial charge in [-0.2, -0.15) is 0 Å². The third-order valence-electron chi connectivity index (χ3n) is 4.58. The van der Waals surface area contributed by atoms with Gasteiger partial charge in [0.25, 0.3) is 0 Å². The number of hydrogen-bond acceptors (Lipinski definition) is 2. The van der Waals surface area contributed by atoms with Crippen molar-refractivity contribution in [3.05, 3.63) is 35.9 Å². The molecule has 1 heterocycles. The maximum atomic E-state index is 12.5. The molecule has 0 saturated carbocycles. The molecule has 21 heavy (non-hydrogen) atoms. The highest BCUT2D eigenvalue weighted by Crippen LogP contribution is 2.29. The summed E-state index contributed by atoms with van der Waals surface area (Å²) in [5, 5.41) is 9.15. The van der Waals surface area contributed by atoms with Crippen molar-refractivity contribution in [3.63, 3.8) is 0 Å². The van der Waals surface area contributed by atoms with E-state index < -0.39 is 11.9 Å². The fourth-order valence-electron chi connectivity index (χ4n) is 3.17. The van der Waals surface area contributed by atoms with Crippen LogP contribution in [0.15, 0.2) is 30.3 Å². The first-order valence-corrected chi connectivity index (χ1v) is 7.61. The van der Waals surface area contributed by atoms with E-state index in [-0.39, 0.29) is 17.9 Å². The monoisotopic (exact) mass is 289 g/mol. The highest BCUT2D eigenvalue weighted by Gasteiger charge is 2.38. The number of nitrogens with zero attached hydrogens (tertiary/aromatic N) is 1. The number of aliphatic carboxylic acids is 1. The number of hydrogen-bond donors (Lipinski definition) is 1. The van der Waals surface area contributed by atoms with Crippen molar-refractivity contribution < 1.29 is 14.7 Å². The zero-order valence-corrected chi connectivity index (χ0v) is 12.7. The minimum atomic E-state index is -0.798. The molecular weight excluding hydrogens is 266 g/mol. The van der Waals surface area contributed by atoms with Crippen LogP contribution in [0.25, 0.3) is 0 Å².